The number of hydrogen-bond donors (Lipinski definition) is 3. The van der Waals surface area contributed by atoms with Crippen LogP contribution in [0.5, 0.6) is 11.5 Å². The number of H-pyrrole nitrogens is 1. The van der Waals surface area contributed by atoms with E-state index in [4.69, 9.17) is 25.8 Å². The molecule has 1 aromatic heterocycles. The molecule has 0 radical (unpaired) electrons. The summed E-state index contributed by atoms with van der Waals surface area (Å²) < 4.78 is 17.7. The number of nitrogens with zero attached hydrogens (tertiary/aromatic N) is 1. The maximum Gasteiger partial charge on any atom is 0.328 e. The van der Waals surface area contributed by atoms with Crippen molar-refractivity contribution in [3.63, 3.8) is 0 Å². The van der Waals surface area contributed by atoms with Gasteiger partial charge >= 0.3 is 5.69 Å². The van der Waals surface area contributed by atoms with Gasteiger partial charge in [0.05, 0.1) is 18.2 Å². The van der Waals surface area contributed by atoms with Gasteiger partial charge in [-0.25, -0.2) is 4.79 Å². The first-order valence-corrected chi connectivity index (χ1v) is 9.04. The highest BCUT2D eigenvalue weighted by Gasteiger charge is 2.42. The number of hydrogen-bond acceptors (Lipinski definition) is 7. The quantitative estimate of drug-likeness (QED) is 0.591. The molecule has 3 rings (SSSR count). The fourth-order valence-corrected chi connectivity index (χ4v) is 3.21. The second-order valence-corrected chi connectivity index (χ2v) is 6.80. The normalized spacial score (nSPS) is 24.3. The number of rotatable bonds is 7. The molecule has 1 saturated heterocycles. The van der Waals surface area contributed by atoms with Gasteiger partial charge < -0.3 is 29.0 Å². The number of ether oxygens (including phenoxy) is 3. The molecule has 1 aliphatic heterocycles. The largest absolute Gasteiger partial charge is 0.497 e. The molecule has 10 heteroatoms. The van der Waals surface area contributed by atoms with E-state index in [1.165, 1.54) is 23.9 Å². The Labute approximate surface area is 165 Å². The third-order valence-corrected chi connectivity index (χ3v) is 4.85. The molecule has 152 valence electrons. The Morgan fingerprint density at radius 1 is 1.21 bits per heavy atom. The number of aryl methyl sites for hydroxylation is 1. The minimum atomic E-state index is -1.14. The van der Waals surface area contributed by atoms with E-state index in [0.29, 0.717) is 16.5 Å². The lowest BCUT2D eigenvalue weighted by atomic mass is 10.1. The minimum absolute atomic E-state index is 0.0145. The number of aliphatic hydroxyl groups excluding tert-OH is 2. The van der Waals surface area contributed by atoms with Gasteiger partial charge in [0.1, 0.15) is 36.4 Å². The summed E-state index contributed by atoms with van der Waals surface area (Å²) in [6, 6.07) is 6.16. The Morgan fingerprint density at radius 3 is 2.64 bits per heavy atom. The maximum absolute atomic E-state index is 11.7. The first-order chi connectivity index (χ1) is 13.4. The van der Waals surface area contributed by atoms with Crippen LogP contribution in [0.15, 0.2) is 40.1 Å². The SMILES string of the molecule is COc1ccc(OC[C@H]2O[C@H](CCn3ccc(=O)[nH]c3=O)[C@H](O)[C@@H]2O)c(Cl)c1. The molecule has 0 saturated carbocycles. The van der Waals surface area contributed by atoms with Crippen molar-refractivity contribution in [2.75, 3.05) is 13.7 Å². The van der Waals surface area contributed by atoms with E-state index in [-0.39, 0.29) is 19.6 Å². The number of halogens is 1. The van der Waals surface area contributed by atoms with Crippen molar-refractivity contribution in [2.24, 2.45) is 0 Å². The summed E-state index contributed by atoms with van der Waals surface area (Å²) in [5.74, 6) is 0.985. The number of aromatic amines is 1. The first kappa shape index (κ1) is 20.4. The number of aromatic nitrogens is 2. The number of nitrogens with one attached hydrogen (secondary N) is 1. The number of methoxy groups -OCH3 is 1. The minimum Gasteiger partial charge on any atom is -0.497 e. The summed E-state index contributed by atoms with van der Waals surface area (Å²) in [4.78, 5) is 25.0. The summed E-state index contributed by atoms with van der Waals surface area (Å²) >= 11 is 6.12. The summed E-state index contributed by atoms with van der Waals surface area (Å²) in [6.45, 7) is 0.196. The average molecular weight is 413 g/mol. The van der Waals surface area contributed by atoms with Gasteiger partial charge in [-0.1, -0.05) is 11.6 Å². The zero-order valence-electron chi connectivity index (χ0n) is 15.1. The Kier molecular flexibility index (Phi) is 6.40. The summed E-state index contributed by atoms with van der Waals surface area (Å²) in [7, 11) is 1.53. The molecule has 2 aromatic rings. The van der Waals surface area contributed by atoms with Crippen molar-refractivity contribution in [1.29, 1.82) is 0 Å². The Balaban J connectivity index is 1.57. The molecular formula is C18H21ClN2O7. The smallest absolute Gasteiger partial charge is 0.328 e. The van der Waals surface area contributed by atoms with Gasteiger partial charge in [0.15, 0.2) is 0 Å². The fourth-order valence-electron chi connectivity index (χ4n) is 2.99. The van der Waals surface area contributed by atoms with Crippen LogP contribution in [-0.4, -0.2) is 57.9 Å². The van der Waals surface area contributed by atoms with Gasteiger partial charge in [-0.3, -0.25) is 9.78 Å². The predicted octanol–water partition coefficient (Wildman–Crippen LogP) is 0.157. The van der Waals surface area contributed by atoms with Gasteiger partial charge in [0.25, 0.3) is 5.56 Å². The molecule has 0 aliphatic carbocycles. The molecule has 1 fully saturated rings. The van der Waals surface area contributed by atoms with Crippen molar-refractivity contribution in [3.05, 3.63) is 56.3 Å². The van der Waals surface area contributed by atoms with Crippen LogP contribution in [0, 0.1) is 0 Å². The highest BCUT2D eigenvalue weighted by atomic mass is 35.5. The first-order valence-electron chi connectivity index (χ1n) is 8.66. The standard InChI is InChI=1S/C18H21ClN2O7/c1-26-10-2-3-12(11(19)8-10)27-9-14-17(24)16(23)13(28-14)4-6-21-7-5-15(22)20-18(21)25/h2-3,5,7-8,13-14,16-17,23-24H,4,6,9H2,1H3,(H,20,22,25)/t13-,14-,16+,17-/m1/s1. The average Bonchev–Trinajstić information content (AvgIpc) is 2.94. The molecule has 2 heterocycles. The van der Waals surface area contributed by atoms with E-state index in [2.05, 4.69) is 4.98 Å². The van der Waals surface area contributed by atoms with Crippen LogP contribution in [-0.2, 0) is 11.3 Å². The van der Waals surface area contributed by atoms with Gasteiger partial charge in [0.2, 0.25) is 0 Å². The van der Waals surface area contributed by atoms with E-state index in [1.54, 1.807) is 18.2 Å². The lowest BCUT2D eigenvalue weighted by Gasteiger charge is -2.16. The van der Waals surface area contributed by atoms with E-state index in [1.807, 2.05) is 0 Å². The van der Waals surface area contributed by atoms with Crippen LogP contribution in [0.1, 0.15) is 6.42 Å². The molecule has 1 aliphatic rings. The topological polar surface area (TPSA) is 123 Å². The number of benzene rings is 1. The van der Waals surface area contributed by atoms with E-state index in [9.17, 15) is 19.8 Å². The second-order valence-electron chi connectivity index (χ2n) is 6.39. The van der Waals surface area contributed by atoms with Gasteiger partial charge in [-0.15, -0.1) is 0 Å². The molecule has 0 bridgehead atoms. The van der Waals surface area contributed by atoms with Crippen LogP contribution in [0.3, 0.4) is 0 Å². The monoisotopic (exact) mass is 412 g/mol. The lowest BCUT2D eigenvalue weighted by molar-refractivity contribution is -0.0196. The van der Waals surface area contributed by atoms with Crippen LogP contribution in [0.25, 0.3) is 0 Å². The summed E-state index contributed by atoms with van der Waals surface area (Å²) in [5.41, 5.74) is -1.03. The molecular weight excluding hydrogens is 392 g/mol. The highest BCUT2D eigenvalue weighted by molar-refractivity contribution is 6.32. The van der Waals surface area contributed by atoms with Crippen molar-refractivity contribution in [1.82, 2.24) is 9.55 Å². The third-order valence-electron chi connectivity index (χ3n) is 4.55. The van der Waals surface area contributed by atoms with Gasteiger partial charge in [-0.2, -0.15) is 0 Å². The van der Waals surface area contributed by atoms with Crippen LogP contribution >= 0.6 is 11.6 Å². The maximum atomic E-state index is 11.7. The molecule has 28 heavy (non-hydrogen) atoms. The van der Waals surface area contributed by atoms with Crippen molar-refractivity contribution in [2.45, 2.75) is 37.4 Å². The van der Waals surface area contributed by atoms with Gasteiger partial charge in [-0.05, 0) is 18.6 Å². The zero-order valence-corrected chi connectivity index (χ0v) is 15.8. The fraction of sp³-hybridized carbons (Fsp3) is 0.444. The van der Waals surface area contributed by atoms with Gasteiger partial charge in [0, 0.05) is 24.9 Å². The third kappa shape index (κ3) is 4.56. The summed E-state index contributed by atoms with van der Waals surface area (Å²) in [5, 5.41) is 20.8. The zero-order chi connectivity index (χ0) is 20.3. The predicted molar refractivity (Wildman–Crippen MR) is 100 cm³/mol. The molecule has 0 amide bonds. The van der Waals surface area contributed by atoms with E-state index < -0.39 is 35.7 Å². The Morgan fingerprint density at radius 2 is 1.96 bits per heavy atom. The molecule has 4 atom stereocenters. The van der Waals surface area contributed by atoms with Crippen LogP contribution < -0.4 is 20.7 Å². The van der Waals surface area contributed by atoms with Crippen molar-refractivity contribution < 1.29 is 24.4 Å². The van der Waals surface area contributed by atoms with Crippen LogP contribution in [0.2, 0.25) is 5.02 Å². The molecule has 3 N–H and O–H groups in total. The number of aliphatic hydroxyl groups is 2. The van der Waals surface area contributed by atoms with E-state index in [0.717, 1.165) is 0 Å². The molecule has 9 nitrogen and oxygen atoms in total. The molecule has 0 unspecified atom stereocenters. The summed E-state index contributed by atoms with van der Waals surface area (Å²) in [6.07, 6.45) is -2.08. The van der Waals surface area contributed by atoms with Crippen LogP contribution in [0.4, 0.5) is 0 Å². The molecule has 0 spiro atoms. The second kappa shape index (κ2) is 8.78. The Hall–Kier alpha value is -2.33. The Bertz CT molecular complexity index is 929. The van der Waals surface area contributed by atoms with Crippen molar-refractivity contribution in [3.8, 4) is 11.5 Å². The van der Waals surface area contributed by atoms with E-state index >= 15 is 0 Å². The molecule has 1 aromatic carbocycles. The lowest BCUT2D eigenvalue weighted by Crippen LogP contribution is -2.35. The van der Waals surface area contributed by atoms with Crippen molar-refractivity contribution >= 4 is 11.6 Å². The highest BCUT2D eigenvalue weighted by Crippen LogP contribution is 2.30.